The summed E-state index contributed by atoms with van der Waals surface area (Å²) in [6.45, 7) is 22.5. The molecule has 7 aliphatic rings. The highest BCUT2D eigenvalue weighted by atomic mass is 79.9. The maximum atomic E-state index is 13.0. The SMILES string of the molecule is CCCCN(C)c1ccc(N=C2C(SC)=CC(=O)c3ncccc32)cc1.CCN(CC)c1ccc(N=C2C=C(C)C(=O)c3nc(C(F)(F)F)ccc32)cc1OC.CCN1CCCc2c1cc(C)c(N=C1C=CC(=O)c3nc(C(C)=O)ccc31)c2C.COOSc1cc(N2C(C)CCCC2C)ccc1N=C1C=CC(=O)c2nccc(Br)c21.O=C1C=CC(=Nc2ccc(N(CCOC(F)(F)F)CCOC(F)(F)F)c(Cl)c2)c2cccnc21. The minimum atomic E-state index is -4.89. The van der Waals surface area contributed by atoms with E-state index in [2.05, 4.69) is 159 Å². The van der Waals surface area contributed by atoms with Crippen molar-refractivity contribution in [3.05, 3.63) is 311 Å². The topological polar surface area (TPSA) is 291 Å². The van der Waals surface area contributed by atoms with Gasteiger partial charge in [-0.3, -0.25) is 53.2 Å². The number of aliphatic imine (C=N–C) groups is 5. The Morgan fingerprint density at radius 3 is 1.80 bits per heavy atom. The molecule has 2 aliphatic heterocycles. The number of fused-ring (bicyclic) bond motifs is 6. The molecule has 0 bridgehead atoms. The zero-order chi connectivity index (χ0) is 108. The second kappa shape index (κ2) is 51.3. The fourth-order valence-corrected chi connectivity index (χ4v) is 19.7. The lowest BCUT2D eigenvalue weighted by Crippen LogP contribution is -2.43. The second-order valence-electron chi connectivity index (χ2n) is 35.2. The number of unbranched alkanes of at least 4 members (excludes halogenated alkanes) is 1. The molecule has 784 valence electrons. The van der Waals surface area contributed by atoms with Crippen LogP contribution >= 0.6 is 51.3 Å². The van der Waals surface area contributed by atoms with E-state index < -0.39 is 56.7 Å². The van der Waals surface area contributed by atoms with Gasteiger partial charge in [0.1, 0.15) is 45.6 Å². The van der Waals surface area contributed by atoms with Gasteiger partial charge in [-0.1, -0.05) is 24.9 Å². The summed E-state index contributed by atoms with van der Waals surface area (Å²) in [6, 6.07) is 41.8. The summed E-state index contributed by atoms with van der Waals surface area (Å²) in [5, 5.41) is 0.0307. The number of nitrogens with zero attached hydrogens (tertiary/aromatic N) is 15. The minimum absolute atomic E-state index is 0.0307. The number of thioether (sulfide) groups is 1. The number of pyridine rings is 5. The number of ketones is 6. The Morgan fingerprint density at radius 2 is 1.18 bits per heavy atom. The maximum absolute atomic E-state index is 13.0. The lowest BCUT2D eigenvalue weighted by Gasteiger charge is -2.41. The molecule has 0 saturated carbocycles. The van der Waals surface area contributed by atoms with Crippen LogP contribution in [0.2, 0.25) is 5.02 Å². The zero-order valence-corrected chi connectivity index (χ0v) is 88.7. The Morgan fingerprint density at radius 1 is 0.587 bits per heavy atom. The van der Waals surface area contributed by atoms with Gasteiger partial charge in [-0.2, -0.15) is 17.5 Å². The van der Waals surface area contributed by atoms with Gasteiger partial charge in [-0.05, 0) is 309 Å². The Hall–Kier alpha value is -13.6. The maximum Gasteiger partial charge on any atom is 0.522 e. The van der Waals surface area contributed by atoms with Crippen LogP contribution in [0.1, 0.15) is 207 Å². The molecule has 1 saturated heterocycles. The molecule has 1 fully saturated rings. The van der Waals surface area contributed by atoms with Crippen molar-refractivity contribution in [2.45, 2.75) is 150 Å². The molecule has 0 N–H and O–H groups in total. The van der Waals surface area contributed by atoms with Crippen molar-refractivity contribution < 1.29 is 91.7 Å². The number of rotatable bonds is 27. The molecule has 7 heterocycles. The van der Waals surface area contributed by atoms with E-state index in [1.165, 1.54) is 147 Å². The fraction of sp³-hybridized carbons (Fsp3) is 0.315. The summed E-state index contributed by atoms with van der Waals surface area (Å²) >= 11 is 12.5. The summed E-state index contributed by atoms with van der Waals surface area (Å²) in [5.41, 5.74) is 18.4. The Bertz CT molecular complexity index is 7060. The average molecular weight is 2180 g/mol. The number of carbonyl (C=O) groups is 6. The van der Waals surface area contributed by atoms with Crippen LogP contribution in [0.4, 0.5) is 96.4 Å². The van der Waals surface area contributed by atoms with Crippen LogP contribution in [0, 0.1) is 13.8 Å². The number of carbonyl (C=O) groups excluding carboxylic acids is 6. The third-order valence-corrected chi connectivity index (χ3v) is 27.7. The number of halogens is 11. The molecule has 5 aromatic heterocycles. The molecule has 2 unspecified atom stereocenters. The zero-order valence-electron chi connectivity index (χ0n) is 84.8. The van der Waals surface area contributed by atoms with Crippen LogP contribution < -0.4 is 29.2 Å². The first-order valence-electron chi connectivity index (χ1n) is 48.3. The first kappa shape index (κ1) is 114. The van der Waals surface area contributed by atoms with Crippen molar-refractivity contribution in [2.75, 3.05) is 111 Å². The summed E-state index contributed by atoms with van der Waals surface area (Å²) < 4.78 is 132. The highest BCUT2D eigenvalue weighted by Gasteiger charge is 2.38. The smallest absolute Gasteiger partial charge is 0.495 e. The van der Waals surface area contributed by atoms with Crippen LogP contribution in [0.15, 0.2) is 252 Å². The highest BCUT2D eigenvalue weighted by molar-refractivity contribution is 9.10. The standard InChI is InChI=1S/C24H25N3O2.C23H24BrN3O3S.C22H22F3N3O2.C21H16ClF6N3O3.C21H23N3OS/c1-5-27-12-6-7-17-15(3)23(14(2)13-21(17)27)26-20-10-11-22(29)24-18(20)8-9-19(25-24)16(4)28;1-14-5-4-6-15(2)27(14)16-7-8-18(21(13-16)31-30-29-3)26-19-9-10-20(28)23-22(19)17(24)11-12-25-23;1-5-28(6-2)17-9-7-14(12-18(17)30-4)26-16-11-13(3)21(29)20-15(16)8-10-19(27-20)22(23,24)25;22-15-12-13(30-16-4-6-18(32)19-14(16)2-1-7-29-19)3-5-17(15)31(8-10-33-20(23,24)25)9-11-34-21(26,27)28;1-4-5-13-24(2)16-10-8-15(9-11-16)23-21-17-7-6-12-22-20(17)18(25)14-19(21)26-3/h8-11,13H,5-7,12H2,1-4H3;7-15H,4-6H2,1-3H3;7-12H,5-6H2,1-4H3;1-7,12H,8-11H2;6-12,14H,4-5,13H2,1-3H3. The van der Waals surface area contributed by atoms with Gasteiger partial charge < -0.3 is 29.2 Å². The molecule has 0 radical (unpaired) electrons. The van der Waals surface area contributed by atoms with E-state index in [1.54, 1.807) is 80.2 Å². The van der Waals surface area contributed by atoms with Gasteiger partial charge in [0.05, 0.1) is 118 Å². The van der Waals surface area contributed by atoms with E-state index >= 15 is 0 Å². The normalized spacial score (nSPS) is 16.8. The predicted molar refractivity (Wildman–Crippen MR) is 576 cm³/mol. The number of piperidine rings is 1. The van der Waals surface area contributed by atoms with Gasteiger partial charge >= 0.3 is 18.9 Å². The van der Waals surface area contributed by atoms with Crippen LogP contribution in [0.3, 0.4) is 0 Å². The van der Waals surface area contributed by atoms with Crippen LogP contribution in [0.25, 0.3) is 0 Å². The van der Waals surface area contributed by atoms with Crippen molar-refractivity contribution in [2.24, 2.45) is 25.0 Å². The summed E-state index contributed by atoms with van der Waals surface area (Å²) in [4.78, 5) is 134. The van der Waals surface area contributed by atoms with Gasteiger partial charge in [-0.15, -0.1) is 38.1 Å². The van der Waals surface area contributed by atoms with E-state index in [1.807, 2.05) is 62.6 Å². The van der Waals surface area contributed by atoms with Crippen molar-refractivity contribution in [1.82, 2.24) is 24.9 Å². The molecule has 17 rings (SSSR count). The summed E-state index contributed by atoms with van der Waals surface area (Å²) in [5.74, 6) is -0.716. The number of allylic oxidation sites excluding steroid dienone is 10. The van der Waals surface area contributed by atoms with E-state index in [9.17, 15) is 68.3 Å². The number of ether oxygens (including phenoxy) is 3. The van der Waals surface area contributed by atoms with Crippen molar-refractivity contribution in [3.8, 4) is 5.75 Å². The predicted octanol–water partition coefficient (Wildman–Crippen LogP) is 26.2. The second-order valence-corrected chi connectivity index (χ2v) is 38.1. The number of alkyl halides is 9. The van der Waals surface area contributed by atoms with E-state index in [0.717, 1.165) is 123 Å². The summed E-state index contributed by atoms with van der Waals surface area (Å²) in [7, 11) is 5.16. The highest BCUT2D eigenvalue weighted by Crippen LogP contribution is 2.44. The van der Waals surface area contributed by atoms with Crippen LogP contribution in [0.5, 0.6) is 5.75 Å². The molecule has 39 heteroatoms. The molecule has 5 aliphatic carbocycles. The van der Waals surface area contributed by atoms with Gasteiger partial charge in [0.15, 0.2) is 5.78 Å². The summed E-state index contributed by atoms with van der Waals surface area (Å²) in [6.07, 6.45) is 12.9. The lowest BCUT2D eigenvalue weighted by molar-refractivity contribution is -0.324. The first-order chi connectivity index (χ1) is 71.6. The number of aromatic nitrogens is 5. The lowest BCUT2D eigenvalue weighted by atomic mass is 9.92. The molecule has 150 heavy (non-hydrogen) atoms. The Kier molecular flexibility index (Phi) is 38.8. The molecular weight excluding hydrogens is 2070 g/mol. The third-order valence-electron chi connectivity index (χ3n) is 25.2. The molecule has 0 amide bonds. The van der Waals surface area contributed by atoms with Crippen LogP contribution in [-0.4, -0.2) is 200 Å². The first-order valence-corrected chi connectivity index (χ1v) is 51.5. The molecular formula is C111H110BrClF9N15O11S2. The number of Topliss-reactive ketones (excluding diaryl/α,β-unsaturated/α-hetero) is 2. The molecule has 10 aromatic rings. The van der Waals surface area contributed by atoms with Crippen molar-refractivity contribution in [1.29, 1.82) is 0 Å². The monoisotopic (exact) mass is 2180 g/mol. The van der Waals surface area contributed by atoms with Gasteiger partial charge in [0, 0.05) is 162 Å². The average Bonchev–Trinajstić information content (AvgIpc) is 0.779. The number of anilines is 5. The minimum Gasteiger partial charge on any atom is -0.495 e. The molecule has 26 nitrogen and oxygen atoms in total. The number of benzene rings is 5. The van der Waals surface area contributed by atoms with Crippen molar-refractivity contribution >= 4 is 171 Å². The van der Waals surface area contributed by atoms with Gasteiger partial charge in [0.25, 0.3) is 0 Å². The number of hydrogen-bond acceptors (Lipinski definition) is 28. The van der Waals surface area contributed by atoms with E-state index in [4.69, 9.17) is 40.5 Å². The van der Waals surface area contributed by atoms with Gasteiger partial charge in [0.2, 0.25) is 28.9 Å². The Labute approximate surface area is 885 Å². The quantitative estimate of drug-likeness (QED) is 0.0152. The van der Waals surface area contributed by atoms with Crippen LogP contribution in [-0.2, 0) is 31.3 Å². The Balaban J connectivity index is 0.000000157. The van der Waals surface area contributed by atoms with E-state index in [-0.39, 0.29) is 62.2 Å². The number of aryl methyl sites for hydroxylation is 1. The third kappa shape index (κ3) is 28.4. The number of methoxy groups -OCH3 is 1. The molecule has 5 aromatic carbocycles. The largest absolute Gasteiger partial charge is 0.522 e. The molecule has 2 atom stereocenters. The molecule has 0 spiro atoms. The van der Waals surface area contributed by atoms with E-state index in [0.29, 0.717) is 91.5 Å². The fourth-order valence-electron chi connectivity index (χ4n) is 17.8. The van der Waals surface area contributed by atoms with Gasteiger partial charge in [-0.25, -0.2) is 39.8 Å². The van der Waals surface area contributed by atoms with Crippen molar-refractivity contribution in [3.63, 3.8) is 0 Å². The number of hydrogen-bond donors (Lipinski definition) is 0.